The van der Waals surface area contributed by atoms with Crippen LogP contribution < -0.4 is 10.6 Å². The van der Waals surface area contributed by atoms with Crippen LogP contribution in [0.1, 0.15) is 41.5 Å². The molecule has 0 saturated carbocycles. The van der Waals surface area contributed by atoms with Crippen molar-refractivity contribution in [1.29, 1.82) is 0 Å². The third-order valence-electron chi connectivity index (χ3n) is 3.62. The minimum Gasteiger partial charge on any atom is -0.462 e. The van der Waals surface area contributed by atoms with Crippen molar-refractivity contribution in [1.82, 2.24) is 15.3 Å². The molecule has 0 aliphatic rings. The number of halogens is 1. The Morgan fingerprint density at radius 2 is 1.72 bits per heavy atom. The van der Waals surface area contributed by atoms with Crippen LogP contribution in [-0.4, -0.2) is 47.7 Å². The Hall–Kier alpha value is -3.01. The van der Waals surface area contributed by atoms with E-state index >= 15 is 0 Å². The molecule has 0 radical (unpaired) electrons. The second kappa shape index (κ2) is 10.5. The summed E-state index contributed by atoms with van der Waals surface area (Å²) in [6.07, 6.45) is 4.37. The van der Waals surface area contributed by atoms with E-state index in [1.165, 1.54) is 18.6 Å². The number of amides is 2. The Bertz CT molecular complexity index is 919. The topological polar surface area (TPSA) is 120 Å². The van der Waals surface area contributed by atoms with E-state index in [1.54, 1.807) is 26.8 Å². The maximum absolute atomic E-state index is 12.5. The first-order valence-corrected chi connectivity index (χ1v) is 9.75. The number of ether oxygens (including phenoxy) is 2. The van der Waals surface area contributed by atoms with Crippen LogP contribution in [0.25, 0.3) is 11.1 Å². The Morgan fingerprint density at radius 3 is 2.38 bits per heavy atom. The summed E-state index contributed by atoms with van der Waals surface area (Å²) >= 11 is 3.40. The lowest BCUT2D eigenvalue weighted by Gasteiger charge is -2.14. The molecule has 29 heavy (non-hydrogen) atoms. The summed E-state index contributed by atoms with van der Waals surface area (Å²) in [6, 6.07) is 1.08. The van der Waals surface area contributed by atoms with E-state index in [0.717, 1.165) is 0 Å². The fourth-order valence-electron chi connectivity index (χ4n) is 2.40. The molecule has 2 rings (SSSR count). The average molecular weight is 465 g/mol. The first kappa shape index (κ1) is 22.3. The predicted molar refractivity (Wildman–Crippen MR) is 110 cm³/mol. The number of aromatic nitrogens is 2. The van der Waals surface area contributed by atoms with Crippen molar-refractivity contribution in [2.45, 2.75) is 20.8 Å². The Kier molecular flexibility index (Phi) is 8.08. The number of hydrogen-bond acceptors (Lipinski definition) is 7. The van der Waals surface area contributed by atoms with E-state index < -0.39 is 18.0 Å². The highest BCUT2D eigenvalue weighted by Gasteiger charge is 2.23. The zero-order chi connectivity index (χ0) is 21.4. The molecule has 0 spiro atoms. The third kappa shape index (κ3) is 5.50. The molecule has 0 atom stereocenters. The Morgan fingerprint density at radius 1 is 1.03 bits per heavy atom. The minimum atomic E-state index is -0.657. The molecule has 2 amide bonds. The number of carbonyl (C=O) groups is 3. The zero-order valence-electron chi connectivity index (χ0n) is 16.2. The molecule has 2 aromatic heterocycles. The molecular weight excluding hydrogens is 444 g/mol. The van der Waals surface area contributed by atoms with Crippen LogP contribution in [0, 0.1) is 0 Å². The van der Waals surface area contributed by atoms with E-state index in [0.29, 0.717) is 22.1 Å². The van der Waals surface area contributed by atoms with Crippen molar-refractivity contribution in [3.8, 4) is 11.1 Å². The van der Waals surface area contributed by atoms with Crippen LogP contribution in [0.2, 0.25) is 0 Å². The van der Waals surface area contributed by atoms with Crippen molar-refractivity contribution >= 4 is 39.7 Å². The monoisotopic (exact) mass is 464 g/mol. The number of rotatable bonds is 7. The number of nitrogens with zero attached hydrogens (tertiary/aromatic N) is 2. The maximum atomic E-state index is 12.5. The van der Waals surface area contributed by atoms with Crippen molar-refractivity contribution in [3.63, 3.8) is 0 Å². The van der Waals surface area contributed by atoms with Crippen LogP contribution in [-0.2, 0) is 9.47 Å². The van der Waals surface area contributed by atoms with E-state index in [9.17, 15) is 14.4 Å². The third-order valence-corrected chi connectivity index (χ3v) is 4.45. The van der Waals surface area contributed by atoms with Gasteiger partial charge in [0.25, 0.3) is 0 Å². The van der Waals surface area contributed by atoms with Gasteiger partial charge in [-0.15, -0.1) is 0 Å². The van der Waals surface area contributed by atoms with Crippen molar-refractivity contribution in [2.24, 2.45) is 0 Å². The first-order chi connectivity index (χ1) is 13.9. The van der Waals surface area contributed by atoms with Gasteiger partial charge in [-0.1, -0.05) is 0 Å². The summed E-state index contributed by atoms with van der Waals surface area (Å²) in [6.45, 7) is 5.94. The van der Waals surface area contributed by atoms with Gasteiger partial charge in [0.2, 0.25) is 0 Å². The largest absolute Gasteiger partial charge is 0.462 e. The molecule has 0 aromatic carbocycles. The predicted octanol–water partition coefficient (Wildman–Crippen LogP) is 3.40. The number of urea groups is 1. The van der Waals surface area contributed by atoms with E-state index in [1.807, 2.05) is 0 Å². The van der Waals surface area contributed by atoms with E-state index in [4.69, 9.17) is 9.47 Å². The van der Waals surface area contributed by atoms with Crippen LogP contribution >= 0.6 is 15.9 Å². The zero-order valence-corrected chi connectivity index (χ0v) is 17.8. The normalized spacial score (nSPS) is 10.2. The molecule has 2 N–H and O–H groups in total. The number of hydrogen-bond donors (Lipinski definition) is 2. The molecule has 0 fully saturated rings. The second-order valence-electron chi connectivity index (χ2n) is 5.60. The van der Waals surface area contributed by atoms with Gasteiger partial charge >= 0.3 is 18.0 Å². The first-order valence-electron chi connectivity index (χ1n) is 8.95. The fourth-order valence-corrected chi connectivity index (χ4v) is 3.08. The van der Waals surface area contributed by atoms with Crippen molar-refractivity contribution in [3.05, 3.63) is 40.3 Å². The van der Waals surface area contributed by atoms with Gasteiger partial charge in [-0.25, -0.2) is 19.4 Å². The summed E-state index contributed by atoms with van der Waals surface area (Å²) in [5, 5.41) is 5.11. The van der Waals surface area contributed by atoms with Gasteiger partial charge in [0, 0.05) is 40.7 Å². The fraction of sp³-hybridized carbons (Fsp3) is 0.316. The van der Waals surface area contributed by atoms with Gasteiger partial charge in [0.1, 0.15) is 11.4 Å². The van der Waals surface area contributed by atoms with Crippen LogP contribution in [0.15, 0.2) is 29.1 Å². The van der Waals surface area contributed by atoms with Crippen LogP contribution in [0.3, 0.4) is 0 Å². The summed E-state index contributed by atoms with van der Waals surface area (Å²) in [4.78, 5) is 44.7. The summed E-state index contributed by atoms with van der Waals surface area (Å²) < 4.78 is 10.4. The Labute approximate surface area is 176 Å². The van der Waals surface area contributed by atoms with Crippen molar-refractivity contribution < 1.29 is 23.9 Å². The van der Waals surface area contributed by atoms with E-state index in [-0.39, 0.29) is 30.2 Å². The molecule has 10 heteroatoms. The van der Waals surface area contributed by atoms with E-state index in [2.05, 4.69) is 36.5 Å². The Balaban J connectivity index is 2.53. The summed E-state index contributed by atoms with van der Waals surface area (Å²) in [5.74, 6) is -1.12. The molecule has 2 aromatic rings. The minimum absolute atomic E-state index is 0.0412. The van der Waals surface area contributed by atoms with Gasteiger partial charge < -0.3 is 14.8 Å². The molecule has 0 bridgehead atoms. The average Bonchev–Trinajstić information content (AvgIpc) is 2.69. The number of anilines is 1. The lowest BCUT2D eigenvalue weighted by Crippen LogP contribution is -2.29. The van der Waals surface area contributed by atoms with Gasteiger partial charge in [-0.2, -0.15) is 0 Å². The van der Waals surface area contributed by atoms with Crippen LogP contribution in [0.5, 0.6) is 0 Å². The molecule has 0 aliphatic heterocycles. The van der Waals surface area contributed by atoms with Gasteiger partial charge in [0.05, 0.1) is 18.8 Å². The van der Waals surface area contributed by atoms with Crippen molar-refractivity contribution in [2.75, 3.05) is 25.1 Å². The maximum Gasteiger partial charge on any atom is 0.343 e. The highest BCUT2D eigenvalue weighted by atomic mass is 79.9. The molecule has 0 aliphatic carbocycles. The molecular formula is C19H21BrN4O5. The smallest absolute Gasteiger partial charge is 0.343 e. The number of pyridine rings is 2. The number of esters is 2. The quantitative estimate of drug-likeness (QED) is 0.602. The highest BCUT2D eigenvalue weighted by Crippen LogP contribution is 2.34. The molecule has 9 nitrogen and oxygen atoms in total. The molecule has 0 unspecified atom stereocenters. The lowest BCUT2D eigenvalue weighted by atomic mass is 10.1. The second-order valence-corrected chi connectivity index (χ2v) is 6.39. The van der Waals surface area contributed by atoms with Crippen LogP contribution in [0.4, 0.5) is 10.6 Å². The van der Waals surface area contributed by atoms with Gasteiger partial charge in [-0.05, 0) is 42.8 Å². The highest BCUT2D eigenvalue weighted by molar-refractivity contribution is 9.10. The summed E-state index contributed by atoms with van der Waals surface area (Å²) in [5.41, 5.74) is 1.34. The SMILES string of the molecule is CCNC(=O)Nc1ncc(-c2cncc(C(=O)OCC)c2)c(Br)c1C(=O)OCC. The molecule has 2 heterocycles. The van der Waals surface area contributed by atoms with Gasteiger partial charge in [-0.3, -0.25) is 10.3 Å². The molecule has 154 valence electrons. The molecule has 0 saturated heterocycles. The lowest BCUT2D eigenvalue weighted by molar-refractivity contribution is 0.0516. The van der Waals surface area contributed by atoms with Gasteiger partial charge in [0.15, 0.2) is 0 Å². The summed E-state index contributed by atoms with van der Waals surface area (Å²) in [7, 11) is 0. The number of carbonyl (C=O) groups excluding carboxylic acids is 3. The standard InChI is InChI=1S/C19H21BrN4O5/c1-4-22-19(27)24-16-14(18(26)29-6-3)15(20)13(10-23-16)11-7-12(9-21-8-11)17(25)28-5-2/h7-10H,4-6H2,1-3H3,(H2,22,23,24,27). The number of nitrogens with one attached hydrogen (secondary N) is 2.